The van der Waals surface area contributed by atoms with Crippen LogP contribution in [0.15, 0.2) is 0 Å². The Hall–Kier alpha value is -0.0300. The number of hydrogen-bond acceptors (Lipinski definition) is 3. The summed E-state index contributed by atoms with van der Waals surface area (Å²) in [5.41, 5.74) is 0. The van der Waals surface area contributed by atoms with E-state index in [1.165, 1.54) is 51.6 Å². The molecule has 0 aromatic rings. The van der Waals surface area contributed by atoms with Crippen LogP contribution in [0, 0.1) is 11.8 Å². The summed E-state index contributed by atoms with van der Waals surface area (Å²) in [5, 5.41) is 6.75. The molecule has 2 heterocycles. The summed E-state index contributed by atoms with van der Waals surface area (Å²) in [6.45, 7) is 6.69. The molecule has 4 unspecified atom stereocenters. The number of amides is 1. The van der Waals surface area contributed by atoms with E-state index in [1.54, 1.807) is 0 Å². The maximum atomic E-state index is 12.3. The maximum absolute atomic E-state index is 12.3. The van der Waals surface area contributed by atoms with E-state index in [-0.39, 0.29) is 36.8 Å². The Balaban J connectivity index is 0.00000132. The van der Waals surface area contributed by atoms with Crippen molar-refractivity contribution in [2.45, 2.75) is 64.0 Å². The third kappa shape index (κ3) is 5.77. The van der Waals surface area contributed by atoms with Crippen LogP contribution in [0.2, 0.25) is 0 Å². The van der Waals surface area contributed by atoms with Crippen molar-refractivity contribution in [3.05, 3.63) is 0 Å². The van der Waals surface area contributed by atoms with Gasteiger partial charge in [0.2, 0.25) is 5.91 Å². The first-order chi connectivity index (χ1) is 10.2. The molecular formula is C17H33Cl2N3O. The number of hydrogen-bond donors (Lipinski definition) is 2. The van der Waals surface area contributed by atoms with E-state index in [9.17, 15) is 4.79 Å². The Morgan fingerprint density at radius 2 is 1.87 bits per heavy atom. The van der Waals surface area contributed by atoms with E-state index in [2.05, 4.69) is 22.5 Å². The Morgan fingerprint density at radius 1 is 1.17 bits per heavy atom. The average Bonchev–Trinajstić information content (AvgIpc) is 3.13. The van der Waals surface area contributed by atoms with Gasteiger partial charge in [0.15, 0.2) is 0 Å². The molecule has 3 aliphatic rings. The predicted molar refractivity (Wildman–Crippen MR) is 99.6 cm³/mol. The molecule has 2 saturated heterocycles. The molecule has 6 heteroatoms. The number of carbonyl (C=O) groups excluding carboxylic acids is 1. The molecule has 0 aromatic carbocycles. The third-order valence-electron chi connectivity index (χ3n) is 5.57. The van der Waals surface area contributed by atoms with Crippen LogP contribution in [-0.4, -0.2) is 49.1 Å². The van der Waals surface area contributed by atoms with E-state index < -0.39 is 0 Å². The highest BCUT2D eigenvalue weighted by molar-refractivity contribution is 5.85. The number of carbonyl (C=O) groups is 1. The van der Waals surface area contributed by atoms with Gasteiger partial charge >= 0.3 is 0 Å². The van der Waals surface area contributed by atoms with Gasteiger partial charge in [0.05, 0.1) is 6.04 Å². The lowest BCUT2D eigenvalue weighted by atomic mass is 9.85. The van der Waals surface area contributed by atoms with E-state index in [0.717, 1.165) is 25.4 Å². The smallest absolute Gasteiger partial charge is 0.237 e. The van der Waals surface area contributed by atoms with Crippen molar-refractivity contribution in [3.63, 3.8) is 0 Å². The van der Waals surface area contributed by atoms with Crippen LogP contribution >= 0.6 is 24.8 Å². The molecule has 136 valence electrons. The highest BCUT2D eigenvalue weighted by Gasteiger charge is 2.38. The van der Waals surface area contributed by atoms with Crippen LogP contribution in [0.5, 0.6) is 0 Å². The molecular weight excluding hydrogens is 333 g/mol. The van der Waals surface area contributed by atoms with Crippen LogP contribution in [0.4, 0.5) is 0 Å². The minimum absolute atomic E-state index is 0. The number of nitrogens with one attached hydrogen (secondary N) is 2. The van der Waals surface area contributed by atoms with E-state index in [4.69, 9.17) is 0 Å². The van der Waals surface area contributed by atoms with Crippen molar-refractivity contribution in [2.24, 2.45) is 11.8 Å². The Kier molecular flexibility index (Phi) is 9.20. The van der Waals surface area contributed by atoms with Gasteiger partial charge in [0.25, 0.3) is 0 Å². The second-order valence-corrected chi connectivity index (χ2v) is 7.46. The normalized spacial score (nSPS) is 31.6. The lowest BCUT2D eigenvalue weighted by molar-refractivity contribution is -0.123. The first-order valence-electron chi connectivity index (χ1n) is 8.98. The second-order valence-electron chi connectivity index (χ2n) is 7.46. The predicted octanol–water partition coefficient (Wildman–Crippen LogP) is 2.60. The SMILES string of the molecule is CC(CNC(=O)C1CC2CCCCC2N1)CN1CCCC1.Cl.Cl. The van der Waals surface area contributed by atoms with Crippen LogP contribution in [0.3, 0.4) is 0 Å². The van der Waals surface area contributed by atoms with Crippen molar-refractivity contribution >= 4 is 30.7 Å². The monoisotopic (exact) mass is 365 g/mol. The van der Waals surface area contributed by atoms with Gasteiger partial charge in [-0.3, -0.25) is 4.79 Å². The highest BCUT2D eigenvalue weighted by atomic mass is 35.5. The van der Waals surface area contributed by atoms with Gasteiger partial charge < -0.3 is 15.5 Å². The lowest BCUT2D eigenvalue weighted by Crippen LogP contribution is -2.45. The molecule has 0 spiro atoms. The van der Waals surface area contributed by atoms with Gasteiger partial charge in [-0.05, 0) is 57.0 Å². The Bertz CT molecular complexity index is 350. The minimum Gasteiger partial charge on any atom is -0.354 e. The number of likely N-dealkylation sites (tertiary alicyclic amines) is 1. The molecule has 4 atom stereocenters. The van der Waals surface area contributed by atoms with Crippen molar-refractivity contribution in [2.75, 3.05) is 26.2 Å². The number of nitrogens with zero attached hydrogens (tertiary/aromatic N) is 1. The largest absolute Gasteiger partial charge is 0.354 e. The zero-order valence-corrected chi connectivity index (χ0v) is 15.9. The van der Waals surface area contributed by atoms with Crippen molar-refractivity contribution < 1.29 is 4.79 Å². The van der Waals surface area contributed by atoms with Crippen molar-refractivity contribution in [1.82, 2.24) is 15.5 Å². The standard InChI is InChI=1S/C17H31N3O.2ClH/c1-13(12-20-8-4-5-9-20)11-18-17(21)16-10-14-6-2-3-7-15(14)19-16;;/h13-16,19H,2-12H2,1H3,(H,18,21);2*1H. The van der Waals surface area contributed by atoms with Crippen molar-refractivity contribution in [3.8, 4) is 0 Å². The molecule has 4 nitrogen and oxygen atoms in total. The third-order valence-corrected chi connectivity index (χ3v) is 5.57. The van der Waals surface area contributed by atoms with Crippen molar-refractivity contribution in [1.29, 1.82) is 0 Å². The summed E-state index contributed by atoms with van der Waals surface area (Å²) in [7, 11) is 0. The lowest BCUT2D eigenvalue weighted by Gasteiger charge is -2.24. The van der Waals surface area contributed by atoms with Gasteiger partial charge in [-0.25, -0.2) is 0 Å². The second kappa shape index (κ2) is 10.1. The Labute approximate surface area is 153 Å². The molecule has 3 fully saturated rings. The molecule has 0 aromatic heterocycles. The van der Waals surface area contributed by atoms with Crippen LogP contribution in [0.25, 0.3) is 0 Å². The summed E-state index contributed by atoms with van der Waals surface area (Å²) >= 11 is 0. The first kappa shape index (κ1) is 21.0. The number of fused-ring (bicyclic) bond motifs is 1. The van der Waals surface area contributed by atoms with Crippen LogP contribution < -0.4 is 10.6 Å². The molecule has 1 aliphatic carbocycles. The average molecular weight is 366 g/mol. The molecule has 0 radical (unpaired) electrons. The fourth-order valence-corrected chi connectivity index (χ4v) is 4.39. The summed E-state index contributed by atoms with van der Waals surface area (Å²) in [5.74, 6) is 1.53. The zero-order chi connectivity index (χ0) is 14.7. The van der Waals surface area contributed by atoms with E-state index >= 15 is 0 Å². The van der Waals surface area contributed by atoms with Gasteiger partial charge in [-0.2, -0.15) is 0 Å². The molecule has 2 N–H and O–H groups in total. The van der Waals surface area contributed by atoms with Gasteiger partial charge in [-0.15, -0.1) is 24.8 Å². The molecule has 1 saturated carbocycles. The molecule has 3 rings (SSSR count). The maximum Gasteiger partial charge on any atom is 0.237 e. The number of halogens is 2. The topological polar surface area (TPSA) is 44.4 Å². The molecule has 23 heavy (non-hydrogen) atoms. The van der Waals surface area contributed by atoms with Gasteiger partial charge in [-0.1, -0.05) is 19.8 Å². The molecule has 1 amide bonds. The molecule has 2 aliphatic heterocycles. The summed E-state index contributed by atoms with van der Waals surface area (Å²) in [6, 6.07) is 0.675. The van der Waals surface area contributed by atoms with Crippen LogP contribution in [-0.2, 0) is 4.79 Å². The van der Waals surface area contributed by atoms with Gasteiger partial charge in [0.1, 0.15) is 0 Å². The van der Waals surface area contributed by atoms with Crippen LogP contribution in [0.1, 0.15) is 51.9 Å². The van der Waals surface area contributed by atoms with E-state index in [0.29, 0.717) is 12.0 Å². The zero-order valence-electron chi connectivity index (χ0n) is 14.3. The Morgan fingerprint density at radius 3 is 2.57 bits per heavy atom. The summed E-state index contributed by atoms with van der Waals surface area (Å²) in [4.78, 5) is 14.9. The van der Waals surface area contributed by atoms with E-state index in [1.807, 2.05) is 0 Å². The van der Waals surface area contributed by atoms with Gasteiger partial charge in [0, 0.05) is 19.1 Å². The minimum atomic E-state index is 0. The summed E-state index contributed by atoms with van der Waals surface area (Å²) < 4.78 is 0. The fourth-order valence-electron chi connectivity index (χ4n) is 4.39. The summed E-state index contributed by atoms with van der Waals surface area (Å²) in [6.07, 6.45) is 8.99. The molecule has 0 bridgehead atoms. The fraction of sp³-hybridized carbons (Fsp3) is 0.941. The number of rotatable bonds is 5. The quantitative estimate of drug-likeness (QED) is 0.786. The first-order valence-corrected chi connectivity index (χ1v) is 8.98. The highest BCUT2D eigenvalue weighted by Crippen LogP contribution is 2.33.